The molecular formula is C20H31N3OS. The van der Waals surface area contributed by atoms with Crippen LogP contribution < -0.4 is 15.4 Å². The first kappa shape index (κ1) is 19.9. The molecule has 0 radical (unpaired) electrons. The molecular weight excluding hydrogens is 330 g/mol. The van der Waals surface area contributed by atoms with Crippen LogP contribution in [0.4, 0.5) is 10.5 Å². The van der Waals surface area contributed by atoms with Gasteiger partial charge in [0.25, 0.3) is 0 Å². The molecule has 3 rings (SSSR count). The highest BCUT2D eigenvalue weighted by atomic mass is 32.2. The van der Waals surface area contributed by atoms with E-state index >= 15 is 0 Å². The lowest BCUT2D eigenvalue weighted by molar-refractivity contribution is 0.257. The van der Waals surface area contributed by atoms with Gasteiger partial charge >= 0.3 is 6.03 Å². The number of hydrogen-bond donors (Lipinski definition) is 3. The molecule has 5 heteroatoms. The van der Waals surface area contributed by atoms with E-state index in [4.69, 9.17) is 0 Å². The Morgan fingerprint density at radius 1 is 1.20 bits per heavy atom. The van der Waals surface area contributed by atoms with Gasteiger partial charge in [-0.3, -0.25) is 4.72 Å². The summed E-state index contributed by atoms with van der Waals surface area (Å²) in [4.78, 5) is 11.9. The lowest BCUT2D eigenvalue weighted by atomic mass is 9.99. The van der Waals surface area contributed by atoms with E-state index in [1.54, 1.807) is 5.41 Å². The smallest absolute Gasteiger partial charge is 0.320 e. The number of rotatable bonds is 6. The van der Waals surface area contributed by atoms with Gasteiger partial charge in [-0.25, -0.2) is 4.79 Å². The van der Waals surface area contributed by atoms with Crippen molar-refractivity contribution in [2.75, 3.05) is 18.9 Å². The highest BCUT2D eigenvalue weighted by Crippen LogP contribution is 2.38. The van der Waals surface area contributed by atoms with Crippen molar-refractivity contribution in [3.05, 3.63) is 40.3 Å². The molecule has 0 atom stereocenters. The predicted molar refractivity (Wildman–Crippen MR) is 109 cm³/mol. The van der Waals surface area contributed by atoms with Gasteiger partial charge in [-0.05, 0) is 98.1 Å². The predicted octanol–water partition coefficient (Wildman–Crippen LogP) is 4.58. The van der Waals surface area contributed by atoms with Crippen molar-refractivity contribution in [3.63, 3.8) is 0 Å². The number of nitrogens with one attached hydrogen (secondary N) is 3. The third kappa shape index (κ3) is 5.51. The average molecular weight is 362 g/mol. The Labute approximate surface area is 156 Å². The minimum Gasteiger partial charge on any atom is -0.320 e. The third-order valence-electron chi connectivity index (χ3n) is 4.73. The summed E-state index contributed by atoms with van der Waals surface area (Å²) in [6.07, 6.45) is 9.49. The molecule has 0 bridgehead atoms. The van der Waals surface area contributed by atoms with E-state index in [1.807, 2.05) is 7.05 Å². The van der Waals surface area contributed by atoms with Crippen molar-refractivity contribution in [3.8, 4) is 0 Å². The molecule has 0 heterocycles. The van der Waals surface area contributed by atoms with Gasteiger partial charge in [-0.2, -0.15) is 0 Å². The van der Waals surface area contributed by atoms with Gasteiger partial charge in [0.15, 0.2) is 0 Å². The van der Waals surface area contributed by atoms with Gasteiger partial charge < -0.3 is 10.6 Å². The van der Waals surface area contributed by atoms with Crippen LogP contribution in [0.15, 0.2) is 18.1 Å². The third-order valence-corrected chi connectivity index (χ3v) is 5.20. The fourth-order valence-corrected chi connectivity index (χ4v) is 3.80. The first-order chi connectivity index (χ1) is 12.2. The number of fused-ring (bicyclic) bond motifs is 2. The van der Waals surface area contributed by atoms with Gasteiger partial charge in [0.1, 0.15) is 0 Å². The molecule has 3 N–H and O–H groups in total. The molecule has 0 saturated heterocycles. The molecule has 0 fully saturated rings. The van der Waals surface area contributed by atoms with Crippen LogP contribution in [-0.2, 0) is 25.7 Å². The number of carbonyl (C=O) groups is 1. The van der Waals surface area contributed by atoms with E-state index in [0.29, 0.717) is 0 Å². The SMILES string of the molecule is C=CSNC(=O)Nc1c2c(cc3c1CCC3)CCC2.CCCCNC. The Bertz CT molecular complexity index is 565. The number of unbranched alkanes of at least 4 members (excludes halogenated alkanes) is 1. The number of aryl methyl sites for hydroxylation is 2. The van der Waals surface area contributed by atoms with Gasteiger partial charge in [-0.1, -0.05) is 26.0 Å². The normalized spacial score (nSPS) is 14.2. The van der Waals surface area contributed by atoms with Crippen molar-refractivity contribution >= 4 is 23.7 Å². The summed E-state index contributed by atoms with van der Waals surface area (Å²) in [5.41, 5.74) is 6.68. The van der Waals surface area contributed by atoms with Gasteiger partial charge in [-0.15, -0.1) is 0 Å². The number of carbonyl (C=O) groups excluding carboxylic acids is 1. The maximum absolute atomic E-state index is 11.9. The lowest BCUT2D eigenvalue weighted by Crippen LogP contribution is -2.23. The Hall–Kier alpha value is -1.46. The Kier molecular flexibility index (Phi) is 8.35. The van der Waals surface area contributed by atoms with Crippen LogP contribution in [0, 0.1) is 0 Å². The first-order valence-electron chi connectivity index (χ1n) is 9.35. The van der Waals surface area contributed by atoms with Crippen molar-refractivity contribution in [2.24, 2.45) is 0 Å². The zero-order valence-electron chi connectivity index (χ0n) is 15.5. The molecule has 4 nitrogen and oxygen atoms in total. The van der Waals surface area contributed by atoms with Crippen LogP contribution in [0.1, 0.15) is 54.9 Å². The van der Waals surface area contributed by atoms with Crippen molar-refractivity contribution in [1.29, 1.82) is 0 Å². The molecule has 0 aliphatic heterocycles. The molecule has 2 aliphatic carbocycles. The van der Waals surface area contributed by atoms with Crippen LogP contribution >= 0.6 is 11.9 Å². The highest BCUT2D eigenvalue weighted by Gasteiger charge is 2.24. The summed E-state index contributed by atoms with van der Waals surface area (Å²) in [7, 11) is 1.98. The van der Waals surface area contributed by atoms with Crippen LogP contribution in [0.5, 0.6) is 0 Å². The monoisotopic (exact) mass is 361 g/mol. The standard InChI is InChI=1S/C15H18N2OS.C5H13N/c1-2-19-17-15(18)16-14-12-7-3-5-10(12)9-11-6-4-8-13(11)14;1-3-4-5-6-2/h2,9H,1,3-8H2,(H2,16,17,18);6H,3-5H2,1-2H3. The summed E-state index contributed by atoms with van der Waals surface area (Å²) in [6, 6.07) is 2.21. The van der Waals surface area contributed by atoms with E-state index in [1.165, 1.54) is 59.9 Å². The largest absolute Gasteiger partial charge is 0.329 e. The van der Waals surface area contributed by atoms with Crippen molar-refractivity contribution < 1.29 is 4.79 Å². The van der Waals surface area contributed by atoms with Crippen molar-refractivity contribution in [1.82, 2.24) is 10.0 Å². The molecule has 2 amide bonds. The fourth-order valence-electron chi connectivity index (χ4n) is 3.55. The number of urea groups is 1. The van der Waals surface area contributed by atoms with Gasteiger partial charge in [0.2, 0.25) is 0 Å². The molecule has 1 aromatic carbocycles. The molecule has 1 aromatic rings. The van der Waals surface area contributed by atoms with Crippen LogP contribution in [0.2, 0.25) is 0 Å². The molecule has 0 saturated carbocycles. The zero-order valence-corrected chi connectivity index (χ0v) is 16.4. The zero-order chi connectivity index (χ0) is 18.1. The topological polar surface area (TPSA) is 53.2 Å². The summed E-state index contributed by atoms with van der Waals surface area (Å²) < 4.78 is 2.71. The van der Waals surface area contributed by atoms with Gasteiger partial charge in [0.05, 0.1) is 0 Å². The van der Waals surface area contributed by atoms with E-state index in [2.05, 4.69) is 34.9 Å². The molecule has 0 spiro atoms. The number of amides is 2. The number of hydrogen-bond acceptors (Lipinski definition) is 3. The average Bonchev–Trinajstić information content (AvgIpc) is 3.27. The van der Waals surface area contributed by atoms with Crippen LogP contribution in [0.25, 0.3) is 0 Å². The summed E-state index contributed by atoms with van der Waals surface area (Å²) >= 11 is 1.20. The number of anilines is 1. The van der Waals surface area contributed by atoms with Crippen LogP contribution in [-0.4, -0.2) is 19.6 Å². The highest BCUT2D eigenvalue weighted by molar-refractivity contribution is 8.00. The van der Waals surface area contributed by atoms with Crippen molar-refractivity contribution in [2.45, 2.75) is 58.3 Å². The van der Waals surface area contributed by atoms with E-state index in [-0.39, 0.29) is 6.03 Å². The van der Waals surface area contributed by atoms with Gasteiger partial charge in [0, 0.05) is 5.69 Å². The van der Waals surface area contributed by atoms with E-state index in [9.17, 15) is 4.79 Å². The van der Waals surface area contributed by atoms with E-state index in [0.717, 1.165) is 37.9 Å². The lowest BCUT2D eigenvalue weighted by Gasteiger charge is -2.16. The molecule has 25 heavy (non-hydrogen) atoms. The summed E-state index contributed by atoms with van der Waals surface area (Å²) in [6.45, 7) is 6.93. The minimum absolute atomic E-state index is 0.153. The molecule has 0 unspecified atom stereocenters. The summed E-state index contributed by atoms with van der Waals surface area (Å²) in [5, 5.41) is 7.74. The quantitative estimate of drug-likeness (QED) is 0.513. The Balaban J connectivity index is 0.000000326. The molecule has 0 aromatic heterocycles. The number of benzene rings is 1. The first-order valence-corrected chi connectivity index (χ1v) is 10.2. The second kappa shape index (κ2) is 10.5. The fraction of sp³-hybridized carbons (Fsp3) is 0.550. The molecule has 2 aliphatic rings. The maximum Gasteiger partial charge on any atom is 0.329 e. The van der Waals surface area contributed by atoms with Crippen LogP contribution in [0.3, 0.4) is 0 Å². The van der Waals surface area contributed by atoms with E-state index < -0.39 is 0 Å². The maximum atomic E-state index is 11.9. The minimum atomic E-state index is -0.153. The second-order valence-electron chi connectivity index (χ2n) is 6.53. The Morgan fingerprint density at radius 3 is 2.32 bits per heavy atom. The molecule has 138 valence electrons. The summed E-state index contributed by atoms with van der Waals surface area (Å²) in [5.74, 6) is 0. The second-order valence-corrected chi connectivity index (χ2v) is 7.30. The Morgan fingerprint density at radius 2 is 1.84 bits per heavy atom.